The summed E-state index contributed by atoms with van der Waals surface area (Å²) in [6.07, 6.45) is 5.68. The summed E-state index contributed by atoms with van der Waals surface area (Å²) in [7, 11) is 2.26. The fourth-order valence-corrected chi connectivity index (χ4v) is 2.72. The third-order valence-electron chi connectivity index (χ3n) is 4.30. The first-order valence-corrected chi connectivity index (χ1v) is 6.12. The summed E-state index contributed by atoms with van der Waals surface area (Å²) in [6, 6.07) is 0.663. The number of nitrogens with two attached hydrogens (primary N) is 1. The van der Waals surface area contributed by atoms with Crippen molar-refractivity contribution in [3.63, 3.8) is 0 Å². The highest BCUT2D eigenvalue weighted by Crippen LogP contribution is 2.39. The van der Waals surface area contributed by atoms with Gasteiger partial charge in [-0.3, -0.25) is 0 Å². The molecule has 2 nitrogen and oxygen atoms in total. The number of hydrogen-bond acceptors (Lipinski definition) is 2. The Balaban J connectivity index is 1.77. The lowest BCUT2D eigenvalue weighted by Gasteiger charge is -2.39. The van der Waals surface area contributed by atoms with E-state index < -0.39 is 0 Å². The van der Waals surface area contributed by atoms with Gasteiger partial charge >= 0.3 is 0 Å². The summed E-state index contributed by atoms with van der Waals surface area (Å²) >= 11 is 0. The van der Waals surface area contributed by atoms with Crippen molar-refractivity contribution in [1.82, 2.24) is 4.90 Å². The molecule has 3 atom stereocenters. The molecule has 2 heteroatoms. The molecule has 0 amide bonds. The van der Waals surface area contributed by atoms with Gasteiger partial charge in [-0.1, -0.05) is 13.3 Å². The van der Waals surface area contributed by atoms with Crippen LogP contribution in [0.1, 0.15) is 32.6 Å². The molecule has 2 aliphatic carbocycles. The third kappa shape index (κ3) is 2.12. The van der Waals surface area contributed by atoms with E-state index in [-0.39, 0.29) is 0 Å². The summed E-state index contributed by atoms with van der Waals surface area (Å²) in [5, 5.41) is 0. The highest BCUT2D eigenvalue weighted by Gasteiger charge is 2.36. The molecule has 0 radical (unpaired) electrons. The monoisotopic (exact) mass is 196 g/mol. The Kier molecular flexibility index (Phi) is 3.13. The van der Waals surface area contributed by atoms with Crippen LogP contribution in [0.25, 0.3) is 0 Å². The molecular formula is C12H24N2. The molecule has 2 rings (SSSR count). The Bertz CT molecular complexity index is 189. The van der Waals surface area contributed by atoms with Crippen molar-refractivity contribution >= 4 is 0 Å². The van der Waals surface area contributed by atoms with Gasteiger partial charge in [0.1, 0.15) is 0 Å². The molecule has 0 bridgehead atoms. The Hall–Kier alpha value is -0.0800. The molecule has 0 aromatic carbocycles. The lowest BCUT2D eigenvalue weighted by Crippen LogP contribution is -2.46. The fourth-order valence-electron chi connectivity index (χ4n) is 2.72. The van der Waals surface area contributed by atoms with Crippen LogP contribution in [0.4, 0.5) is 0 Å². The van der Waals surface area contributed by atoms with Crippen LogP contribution in [-0.4, -0.2) is 31.1 Å². The van der Waals surface area contributed by atoms with Crippen LogP contribution in [-0.2, 0) is 0 Å². The first kappa shape index (κ1) is 10.4. The van der Waals surface area contributed by atoms with Gasteiger partial charge in [0, 0.05) is 19.1 Å². The van der Waals surface area contributed by atoms with E-state index in [1.807, 2.05) is 0 Å². The fraction of sp³-hybridized carbons (Fsp3) is 1.00. The second-order valence-electron chi connectivity index (χ2n) is 5.41. The van der Waals surface area contributed by atoms with Crippen molar-refractivity contribution in [3.05, 3.63) is 0 Å². The van der Waals surface area contributed by atoms with Crippen LogP contribution < -0.4 is 5.73 Å². The van der Waals surface area contributed by atoms with Crippen molar-refractivity contribution in [2.75, 3.05) is 20.1 Å². The minimum absolute atomic E-state index is 0.663. The van der Waals surface area contributed by atoms with Gasteiger partial charge in [-0.25, -0.2) is 0 Å². The Morgan fingerprint density at radius 2 is 2.07 bits per heavy atom. The predicted octanol–water partition coefficient (Wildman–Crippen LogP) is 1.70. The van der Waals surface area contributed by atoms with E-state index >= 15 is 0 Å². The maximum absolute atomic E-state index is 5.87. The van der Waals surface area contributed by atoms with Gasteiger partial charge in [-0.05, 0) is 44.1 Å². The standard InChI is InChI=1S/C12H24N2/c1-9-6-11(9)8-14(2)12(7-13)10-4-3-5-10/h9-12H,3-8,13H2,1-2H3. The van der Waals surface area contributed by atoms with E-state index in [0.29, 0.717) is 6.04 Å². The number of nitrogens with zero attached hydrogens (tertiary/aromatic N) is 1. The highest BCUT2D eigenvalue weighted by atomic mass is 15.1. The molecule has 82 valence electrons. The van der Waals surface area contributed by atoms with Gasteiger partial charge < -0.3 is 10.6 Å². The van der Waals surface area contributed by atoms with E-state index in [0.717, 1.165) is 24.3 Å². The number of rotatable bonds is 5. The molecule has 2 saturated carbocycles. The second-order valence-corrected chi connectivity index (χ2v) is 5.41. The summed E-state index contributed by atoms with van der Waals surface area (Å²) in [6.45, 7) is 4.49. The quantitative estimate of drug-likeness (QED) is 0.725. The normalized spacial score (nSPS) is 34.3. The van der Waals surface area contributed by atoms with Crippen LogP contribution in [0.2, 0.25) is 0 Å². The van der Waals surface area contributed by atoms with Crippen LogP contribution >= 0.6 is 0 Å². The van der Waals surface area contributed by atoms with E-state index in [1.54, 1.807) is 0 Å². The van der Waals surface area contributed by atoms with E-state index in [9.17, 15) is 0 Å². The van der Waals surface area contributed by atoms with E-state index in [2.05, 4.69) is 18.9 Å². The zero-order valence-electron chi connectivity index (χ0n) is 9.58. The van der Waals surface area contributed by atoms with Gasteiger partial charge in [0.25, 0.3) is 0 Å². The van der Waals surface area contributed by atoms with Gasteiger partial charge in [0.15, 0.2) is 0 Å². The molecule has 0 aliphatic heterocycles. The van der Waals surface area contributed by atoms with E-state index in [1.165, 1.54) is 32.2 Å². The molecule has 0 spiro atoms. The molecule has 14 heavy (non-hydrogen) atoms. The largest absolute Gasteiger partial charge is 0.329 e. The Labute approximate surface area is 87.8 Å². The first-order chi connectivity index (χ1) is 6.72. The predicted molar refractivity (Wildman–Crippen MR) is 60.1 cm³/mol. The SMILES string of the molecule is CC1CC1CN(C)C(CN)C1CCC1. The lowest BCUT2D eigenvalue weighted by molar-refractivity contribution is 0.119. The smallest absolute Gasteiger partial charge is 0.0243 e. The van der Waals surface area contributed by atoms with Gasteiger partial charge in [0.05, 0.1) is 0 Å². The maximum atomic E-state index is 5.87. The van der Waals surface area contributed by atoms with Gasteiger partial charge in [-0.15, -0.1) is 0 Å². The minimum atomic E-state index is 0.663. The lowest BCUT2D eigenvalue weighted by atomic mass is 9.79. The summed E-state index contributed by atoms with van der Waals surface area (Å²) < 4.78 is 0. The van der Waals surface area contributed by atoms with Crippen molar-refractivity contribution in [1.29, 1.82) is 0 Å². The van der Waals surface area contributed by atoms with Crippen molar-refractivity contribution in [3.8, 4) is 0 Å². The summed E-state index contributed by atoms with van der Waals surface area (Å²) in [4.78, 5) is 2.53. The zero-order chi connectivity index (χ0) is 10.1. The van der Waals surface area contributed by atoms with Crippen molar-refractivity contribution in [2.24, 2.45) is 23.5 Å². The molecule has 0 aromatic heterocycles. The molecule has 0 heterocycles. The molecule has 2 fully saturated rings. The maximum Gasteiger partial charge on any atom is 0.0243 e. The topological polar surface area (TPSA) is 29.3 Å². The molecule has 2 aliphatic rings. The van der Waals surface area contributed by atoms with Crippen LogP contribution in [0.15, 0.2) is 0 Å². The molecule has 0 saturated heterocycles. The first-order valence-electron chi connectivity index (χ1n) is 6.12. The minimum Gasteiger partial charge on any atom is -0.329 e. The average Bonchev–Trinajstić information content (AvgIpc) is 2.73. The second kappa shape index (κ2) is 4.19. The Morgan fingerprint density at radius 3 is 2.43 bits per heavy atom. The van der Waals surface area contributed by atoms with Crippen LogP contribution in [0.3, 0.4) is 0 Å². The highest BCUT2D eigenvalue weighted by molar-refractivity contribution is 4.89. The average molecular weight is 196 g/mol. The summed E-state index contributed by atoms with van der Waals surface area (Å²) in [5.74, 6) is 2.84. The van der Waals surface area contributed by atoms with Crippen LogP contribution in [0, 0.1) is 17.8 Å². The number of hydrogen-bond donors (Lipinski definition) is 1. The molecule has 2 N–H and O–H groups in total. The third-order valence-corrected chi connectivity index (χ3v) is 4.30. The molecular weight excluding hydrogens is 172 g/mol. The van der Waals surface area contributed by atoms with Crippen molar-refractivity contribution < 1.29 is 0 Å². The van der Waals surface area contributed by atoms with Crippen molar-refractivity contribution in [2.45, 2.75) is 38.6 Å². The van der Waals surface area contributed by atoms with Gasteiger partial charge in [0.2, 0.25) is 0 Å². The Morgan fingerprint density at radius 1 is 1.43 bits per heavy atom. The van der Waals surface area contributed by atoms with Gasteiger partial charge in [-0.2, -0.15) is 0 Å². The number of likely N-dealkylation sites (N-methyl/N-ethyl adjacent to an activating group) is 1. The summed E-state index contributed by atoms with van der Waals surface area (Å²) in [5.41, 5.74) is 5.87. The van der Waals surface area contributed by atoms with Crippen LogP contribution in [0.5, 0.6) is 0 Å². The molecule has 3 unspecified atom stereocenters. The molecule has 0 aromatic rings. The van der Waals surface area contributed by atoms with E-state index in [4.69, 9.17) is 5.73 Å². The zero-order valence-corrected chi connectivity index (χ0v) is 9.58.